The van der Waals surface area contributed by atoms with E-state index in [1.54, 1.807) is 19.2 Å². The van der Waals surface area contributed by atoms with Crippen molar-refractivity contribution < 1.29 is 15.0 Å². The number of benzene rings is 1. The molecule has 0 fully saturated rings. The van der Waals surface area contributed by atoms with Crippen molar-refractivity contribution in [1.29, 1.82) is 0 Å². The number of aryl methyl sites for hydroxylation is 2. The van der Waals surface area contributed by atoms with Crippen LogP contribution in [-0.2, 0) is 11.2 Å². The van der Waals surface area contributed by atoms with E-state index in [2.05, 4.69) is 4.37 Å². The Labute approximate surface area is 109 Å². The first kappa shape index (κ1) is 12.8. The Hall–Kier alpha value is -1.62. The van der Waals surface area contributed by atoms with Gasteiger partial charge in [0.05, 0.1) is 10.6 Å². The summed E-state index contributed by atoms with van der Waals surface area (Å²) in [5, 5.41) is 19.8. The predicted molar refractivity (Wildman–Crippen MR) is 71.1 cm³/mol. The number of rotatable bonds is 4. The van der Waals surface area contributed by atoms with Crippen LogP contribution in [0.5, 0.6) is 5.75 Å². The summed E-state index contributed by atoms with van der Waals surface area (Å²) in [6.07, 6.45) is 2.80. The molecule has 2 N–H and O–H groups in total. The van der Waals surface area contributed by atoms with Crippen molar-refractivity contribution >= 4 is 27.6 Å². The van der Waals surface area contributed by atoms with Crippen LogP contribution in [0.2, 0.25) is 0 Å². The average molecular weight is 265 g/mol. The number of aliphatic carboxylic acids is 1. The van der Waals surface area contributed by atoms with Crippen molar-refractivity contribution in [3.63, 3.8) is 0 Å². The van der Waals surface area contributed by atoms with E-state index in [0.29, 0.717) is 12.8 Å². The number of phenolic OH excluding ortho intramolecular Hbond substituents is 1. The number of carbonyl (C=O) groups is 1. The maximum Gasteiger partial charge on any atom is 0.306 e. The molecule has 4 nitrogen and oxygen atoms in total. The topological polar surface area (TPSA) is 70.4 Å². The number of aromatic hydroxyl groups is 1. The number of carboxylic acid groups (broad SMARTS) is 1. The third kappa shape index (κ3) is 2.31. The molecule has 0 aliphatic rings. The zero-order chi connectivity index (χ0) is 13.3. The summed E-state index contributed by atoms with van der Waals surface area (Å²) in [4.78, 5) is 10.8. The summed E-state index contributed by atoms with van der Waals surface area (Å²) in [6.45, 7) is 3.61. The standard InChI is InChI=1S/C13H15NO3S/c1-7(13(16)17)3-4-9-10-6-14-18-12(10)8(2)5-11(9)15/h5-7,15H,3-4H2,1-2H3,(H,16,17). The molecular weight excluding hydrogens is 250 g/mol. The third-order valence-corrected chi connectivity index (χ3v) is 4.10. The highest BCUT2D eigenvalue weighted by molar-refractivity contribution is 7.13. The zero-order valence-corrected chi connectivity index (χ0v) is 11.1. The fourth-order valence-corrected chi connectivity index (χ4v) is 2.72. The molecule has 5 heteroatoms. The lowest BCUT2D eigenvalue weighted by molar-refractivity contribution is -0.141. The molecule has 0 amide bonds. The van der Waals surface area contributed by atoms with E-state index >= 15 is 0 Å². The number of hydrogen-bond acceptors (Lipinski definition) is 4. The molecule has 2 rings (SSSR count). The fraction of sp³-hybridized carbons (Fsp3) is 0.385. The molecule has 18 heavy (non-hydrogen) atoms. The van der Waals surface area contributed by atoms with Crippen LogP contribution in [0.1, 0.15) is 24.5 Å². The molecule has 0 bridgehead atoms. The molecule has 1 atom stereocenters. The summed E-state index contributed by atoms with van der Waals surface area (Å²) in [7, 11) is 0. The number of carboxylic acids is 1. The van der Waals surface area contributed by atoms with Crippen LogP contribution < -0.4 is 0 Å². The molecule has 0 spiro atoms. The highest BCUT2D eigenvalue weighted by Crippen LogP contribution is 2.33. The Morgan fingerprint density at radius 3 is 2.94 bits per heavy atom. The quantitative estimate of drug-likeness (QED) is 0.891. The number of hydrogen-bond donors (Lipinski definition) is 2. The number of aromatic nitrogens is 1. The van der Waals surface area contributed by atoms with Gasteiger partial charge in [-0.25, -0.2) is 0 Å². The summed E-state index contributed by atoms with van der Waals surface area (Å²) in [5.74, 6) is -0.980. The van der Waals surface area contributed by atoms with Gasteiger partial charge in [0.1, 0.15) is 5.75 Å². The van der Waals surface area contributed by atoms with Gasteiger partial charge in [-0.15, -0.1) is 0 Å². The molecule has 0 saturated heterocycles. The summed E-state index contributed by atoms with van der Waals surface area (Å²) < 4.78 is 5.20. The number of nitrogens with zero attached hydrogens (tertiary/aromatic N) is 1. The van der Waals surface area contributed by atoms with Crippen molar-refractivity contribution in [2.24, 2.45) is 5.92 Å². The minimum atomic E-state index is -0.804. The minimum Gasteiger partial charge on any atom is -0.508 e. The van der Waals surface area contributed by atoms with Crippen molar-refractivity contribution in [2.75, 3.05) is 0 Å². The first-order chi connectivity index (χ1) is 8.50. The number of fused-ring (bicyclic) bond motifs is 1. The number of phenols is 1. The Kier molecular flexibility index (Phi) is 3.52. The van der Waals surface area contributed by atoms with Crippen molar-refractivity contribution in [2.45, 2.75) is 26.7 Å². The van der Waals surface area contributed by atoms with Crippen LogP contribution in [0.25, 0.3) is 10.1 Å². The first-order valence-corrected chi connectivity index (χ1v) is 6.56. The van der Waals surface area contributed by atoms with E-state index in [9.17, 15) is 9.90 Å². The Morgan fingerprint density at radius 1 is 1.56 bits per heavy atom. The molecule has 0 radical (unpaired) electrons. The normalized spacial score (nSPS) is 12.8. The lowest BCUT2D eigenvalue weighted by atomic mass is 9.97. The minimum absolute atomic E-state index is 0.234. The van der Waals surface area contributed by atoms with Crippen LogP contribution in [0.3, 0.4) is 0 Å². The van der Waals surface area contributed by atoms with Gasteiger partial charge in [-0.2, -0.15) is 4.37 Å². The molecule has 96 valence electrons. The molecule has 2 aromatic rings. The van der Waals surface area contributed by atoms with Gasteiger partial charge in [0.25, 0.3) is 0 Å². The maximum atomic E-state index is 10.8. The fourth-order valence-electron chi connectivity index (χ4n) is 1.98. The molecule has 1 unspecified atom stereocenters. The Morgan fingerprint density at radius 2 is 2.28 bits per heavy atom. The Bertz CT molecular complexity index is 591. The third-order valence-electron chi connectivity index (χ3n) is 3.17. The van der Waals surface area contributed by atoms with Gasteiger partial charge in [0, 0.05) is 17.1 Å². The van der Waals surface area contributed by atoms with E-state index in [4.69, 9.17) is 5.11 Å². The van der Waals surface area contributed by atoms with E-state index in [1.165, 1.54) is 11.5 Å². The smallest absolute Gasteiger partial charge is 0.306 e. The largest absolute Gasteiger partial charge is 0.508 e. The molecular formula is C13H15NO3S. The van der Waals surface area contributed by atoms with E-state index in [-0.39, 0.29) is 5.75 Å². The van der Waals surface area contributed by atoms with Crippen LogP contribution in [0, 0.1) is 12.8 Å². The monoisotopic (exact) mass is 265 g/mol. The molecule has 0 aliphatic carbocycles. The van der Waals surface area contributed by atoms with E-state index < -0.39 is 11.9 Å². The highest BCUT2D eigenvalue weighted by atomic mass is 32.1. The van der Waals surface area contributed by atoms with Crippen molar-refractivity contribution in [3.05, 3.63) is 23.4 Å². The SMILES string of the molecule is Cc1cc(O)c(CCC(C)C(=O)O)c2cnsc12. The van der Waals surface area contributed by atoms with E-state index in [1.807, 2.05) is 6.92 Å². The van der Waals surface area contributed by atoms with Gasteiger partial charge in [0.2, 0.25) is 0 Å². The van der Waals surface area contributed by atoms with Crippen LogP contribution in [0.4, 0.5) is 0 Å². The lowest BCUT2D eigenvalue weighted by Gasteiger charge is -2.10. The van der Waals surface area contributed by atoms with Crippen LogP contribution in [0.15, 0.2) is 12.3 Å². The summed E-state index contributed by atoms with van der Waals surface area (Å²) >= 11 is 1.40. The molecule has 1 heterocycles. The highest BCUT2D eigenvalue weighted by Gasteiger charge is 2.15. The van der Waals surface area contributed by atoms with Gasteiger partial charge in [-0.3, -0.25) is 4.79 Å². The summed E-state index contributed by atoms with van der Waals surface area (Å²) in [6, 6.07) is 1.72. The van der Waals surface area contributed by atoms with Gasteiger partial charge < -0.3 is 10.2 Å². The van der Waals surface area contributed by atoms with Gasteiger partial charge >= 0.3 is 5.97 Å². The molecule has 0 aliphatic heterocycles. The average Bonchev–Trinajstić information content (AvgIpc) is 2.77. The zero-order valence-electron chi connectivity index (χ0n) is 10.3. The van der Waals surface area contributed by atoms with Crippen molar-refractivity contribution in [1.82, 2.24) is 4.37 Å². The Balaban J connectivity index is 2.33. The second-order valence-corrected chi connectivity index (χ2v) is 5.34. The van der Waals surface area contributed by atoms with Gasteiger partial charge in [0.15, 0.2) is 0 Å². The second kappa shape index (κ2) is 4.94. The predicted octanol–water partition coefficient (Wildman–Crippen LogP) is 2.96. The molecule has 1 aromatic heterocycles. The maximum absolute atomic E-state index is 10.8. The van der Waals surface area contributed by atoms with Gasteiger partial charge in [-0.1, -0.05) is 6.92 Å². The van der Waals surface area contributed by atoms with E-state index in [0.717, 1.165) is 21.2 Å². The first-order valence-electron chi connectivity index (χ1n) is 5.79. The van der Waals surface area contributed by atoms with Gasteiger partial charge in [-0.05, 0) is 42.9 Å². The molecule has 1 aromatic carbocycles. The second-order valence-electron chi connectivity index (χ2n) is 4.54. The molecule has 0 saturated carbocycles. The lowest BCUT2D eigenvalue weighted by Crippen LogP contribution is -2.10. The van der Waals surface area contributed by atoms with Crippen molar-refractivity contribution in [3.8, 4) is 5.75 Å². The van der Waals surface area contributed by atoms with Crippen LogP contribution in [-0.4, -0.2) is 20.6 Å². The summed E-state index contributed by atoms with van der Waals surface area (Å²) in [5.41, 5.74) is 1.80. The van der Waals surface area contributed by atoms with Crippen LogP contribution >= 0.6 is 11.5 Å².